The number of hydrogen-bond acceptors (Lipinski definition) is 5. The normalized spacial score (nSPS) is 10.7. The van der Waals surface area contributed by atoms with Gasteiger partial charge in [0.05, 0.1) is 13.1 Å². The van der Waals surface area contributed by atoms with Crippen molar-refractivity contribution in [1.82, 2.24) is 20.0 Å². The van der Waals surface area contributed by atoms with E-state index in [2.05, 4.69) is 10.2 Å². The van der Waals surface area contributed by atoms with Crippen LogP contribution in [0, 0.1) is 0 Å². The van der Waals surface area contributed by atoms with E-state index >= 15 is 0 Å². The Morgan fingerprint density at radius 3 is 2.53 bits per heavy atom. The highest BCUT2D eigenvalue weighted by atomic mass is 35.5. The number of carbonyl (C=O) groups excluding carboxylic acids is 1. The van der Waals surface area contributed by atoms with E-state index in [0.29, 0.717) is 17.6 Å². The Morgan fingerprint density at radius 1 is 1.40 bits per heavy atom. The number of likely N-dealkylation sites (N-methyl/N-ethyl adjacent to an activating group) is 2. The molecule has 0 bridgehead atoms. The van der Waals surface area contributed by atoms with Gasteiger partial charge >= 0.3 is 0 Å². The van der Waals surface area contributed by atoms with Gasteiger partial charge in [-0.25, -0.2) is 0 Å². The Balaban J connectivity index is 2.42. The Labute approximate surface area is 97.7 Å². The maximum absolute atomic E-state index is 11.4. The van der Waals surface area contributed by atoms with Crippen LogP contribution in [-0.4, -0.2) is 53.6 Å². The molecule has 0 spiro atoms. The number of hydrogen-bond donors (Lipinski definition) is 0. The molecule has 0 aliphatic rings. The van der Waals surface area contributed by atoms with Gasteiger partial charge in [0.25, 0.3) is 0 Å². The molecule has 84 valence electrons. The second-order valence-corrected chi connectivity index (χ2v) is 5.05. The van der Waals surface area contributed by atoms with Gasteiger partial charge < -0.3 is 4.90 Å². The van der Waals surface area contributed by atoms with Gasteiger partial charge in [-0.15, -0.1) is 10.2 Å². The van der Waals surface area contributed by atoms with Crippen molar-refractivity contribution in [2.24, 2.45) is 0 Å². The van der Waals surface area contributed by atoms with Gasteiger partial charge in [0.1, 0.15) is 5.01 Å². The second-order valence-electron chi connectivity index (χ2n) is 3.41. The summed E-state index contributed by atoms with van der Waals surface area (Å²) in [6, 6.07) is 0. The first-order valence-electron chi connectivity index (χ1n) is 4.35. The van der Waals surface area contributed by atoms with Crippen molar-refractivity contribution in [3.05, 3.63) is 9.47 Å². The molecule has 7 heteroatoms. The van der Waals surface area contributed by atoms with Gasteiger partial charge in [-0.3, -0.25) is 9.69 Å². The van der Waals surface area contributed by atoms with Crippen LogP contribution in [0.4, 0.5) is 0 Å². The van der Waals surface area contributed by atoms with E-state index in [0.717, 1.165) is 5.01 Å². The Hall–Kier alpha value is -0.720. The summed E-state index contributed by atoms with van der Waals surface area (Å²) in [6.07, 6.45) is 0. The molecule has 1 aromatic rings. The highest BCUT2D eigenvalue weighted by Gasteiger charge is 2.10. The lowest BCUT2D eigenvalue weighted by molar-refractivity contribution is -0.129. The number of rotatable bonds is 4. The molecule has 1 heterocycles. The topological polar surface area (TPSA) is 49.3 Å². The molecule has 5 nitrogen and oxygen atoms in total. The van der Waals surface area contributed by atoms with Crippen molar-refractivity contribution in [3.8, 4) is 0 Å². The second kappa shape index (κ2) is 5.39. The summed E-state index contributed by atoms with van der Waals surface area (Å²) >= 11 is 6.98. The van der Waals surface area contributed by atoms with Crippen LogP contribution in [0.25, 0.3) is 0 Å². The molecule has 1 amide bonds. The number of aromatic nitrogens is 2. The van der Waals surface area contributed by atoms with E-state index in [1.165, 1.54) is 11.3 Å². The van der Waals surface area contributed by atoms with Crippen molar-refractivity contribution in [3.63, 3.8) is 0 Å². The number of nitrogens with zero attached hydrogens (tertiary/aromatic N) is 4. The zero-order valence-electron chi connectivity index (χ0n) is 8.90. The molecule has 0 fully saturated rings. The summed E-state index contributed by atoms with van der Waals surface area (Å²) in [5.74, 6) is 0.0631. The summed E-state index contributed by atoms with van der Waals surface area (Å²) < 4.78 is 0.428. The largest absolute Gasteiger partial charge is 0.348 e. The molecular weight excluding hydrogens is 236 g/mol. The summed E-state index contributed by atoms with van der Waals surface area (Å²) in [5.41, 5.74) is 0. The Kier molecular flexibility index (Phi) is 4.44. The first-order valence-corrected chi connectivity index (χ1v) is 5.55. The monoisotopic (exact) mass is 248 g/mol. The molecule has 0 N–H and O–H groups in total. The maximum Gasteiger partial charge on any atom is 0.236 e. The fourth-order valence-corrected chi connectivity index (χ4v) is 1.90. The van der Waals surface area contributed by atoms with E-state index in [1.54, 1.807) is 19.0 Å². The lowest BCUT2D eigenvalue weighted by Crippen LogP contribution is -2.34. The standard InChI is InChI=1S/C8H13ClN4OS/c1-12(2)7(14)5-13(3)4-6-10-11-8(9)15-6/h4-5H2,1-3H3. The van der Waals surface area contributed by atoms with E-state index in [1.807, 2.05) is 11.9 Å². The summed E-state index contributed by atoms with van der Waals surface area (Å²) in [6.45, 7) is 0.953. The maximum atomic E-state index is 11.4. The number of halogens is 1. The number of amides is 1. The molecule has 0 radical (unpaired) electrons. The van der Waals surface area contributed by atoms with Crippen LogP contribution in [0.2, 0.25) is 4.47 Å². The molecule has 15 heavy (non-hydrogen) atoms. The van der Waals surface area contributed by atoms with Gasteiger partial charge in [0, 0.05) is 14.1 Å². The van der Waals surface area contributed by atoms with Gasteiger partial charge in [-0.05, 0) is 18.6 Å². The Bertz CT molecular complexity index is 341. The third-order valence-electron chi connectivity index (χ3n) is 1.75. The fraction of sp³-hybridized carbons (Fsp3) is 0.625. The molecule has 0 aromatic carbocycles. The van der Waals surface area contributed by atoms with E-state index < -0.39 is 0 Å². The van der Waals surface area contributed by atoms with Crippen LogP contribution >= 0.6 is 22.9 Å². The SMILES string of the molecule is CN(CC(=O)N(C)C)Cc1nnc(Cl)s1. The van der Waals surface area contributed by atoms with Crippen LogP contribution < -0.4 is 0 Å². The minimum Gasteiger partial charge on any atom is -0.348 e. The van der Waals surface area contributed by atoms with Crippen molar-refractivity contribution >= 4 is 28.8 Å². The smallest absolute Gasteiger partial charge is 0.236 e. The lowest BCUT2D eigenvalue weighted by Gasteiger charge is -2.17. The van der Waals surface area contributed by atoms with E-state index in [4.69, 9.17) is 11.6 Å². The minimum absolute atomic E-state index is 0.0631. The molecule has 0 saturated heterocycles. The first kappa shape index (κ1) is 12.4. The quantitative estimate of drug-likeness (QED) is 0.788. The molecule has 0 aliphatic heterocycles. The van der Waals surface area contributed by atoms with Gasteiger partial charge in [0.15, 0.2) is 0 Å². The van der Waals surface area contributed by atoms with Crippen LogP contribution in [0.3, 0.4) is 0 Å². The van der Waals surface area contributed by atoms with Crippen LogP contribution in [-0.2, 0) is 11.3 Å². The van der Waals surface area contributed by atoms with Crippen molar-refractivity contribution in [2.75, 3.05) is 27.7 Å². The molecule has 0 unspecified atom stereocenters. The molecule has 0 atom stereocenters. The van der Waals surface area contributed by atoms with Crippen LogP contribution in [0.5, 0.6) is 0 Å². The third kappa shape index (κ3) is 4.11. The number of carbonyl (C=O) groups is 1. The predicted octanol–water partition coefficient (Wildman–Crippen LogP) is 0.711. The molecule has 0 saturated carbocycles. The fourth-order valence-electron chi connectivity index (χ4n) is 0.956. The van der Waals surface area contributed by atoms with Crippen LogP contribution in [0.1, 0.15) is 5.01 Å². The highest BCUT2D eigenvalue weighted by molar-refractivity contribution is 7.15. The molecule has 0 aliphatic carbocycles. The average Bonchev–Trinajstić information content (AvgIpc) is 2.50. The van der Waals surface area contributed by atoms with E-state index in [9.17, 15) is 4.79 Å². The van der Waals surface area contributed by atoms with Crippen molar-refractivity contribution in [1.29, 1.82) is 0 Å². The predicted molar refractivity (Wildman–Crippen MR) is 59.9 cm³/mol. The van der Waals surface area contributed by atoms with Gasteiger partial charge in [0.2, 0.25) is 10.4 Å². The molecule has 1 aromatic heterocycles. The third-order valence-corrected chi connectivity index (χ3v) is 2.75. The zero-order chi connectivity index (χ0) is 11.4. The van der Waals surface area contributed by atoms with E-state index in [-0.39, 0.29) is 5.91 Å². The summed E-state index contributed by atoms with van der Waals surface area (Å²) in [5, 5.41) is 8.39. The molecular formula is C8H13ClN4OS. The summed E-state index contributed by atoms with van der Waals surface area (Å²) in [4.78, 5) is 14.8. The van der Waals surface area contributed by atoms with Gasteiger partial charge in [-0.2, -0.15) is 0 Å². The highest BCUT2D eigenvalue weighted by Crippen LogP contribution is 2.15. The lowest BCUT2D eigenvalue weighted by atomic mass is 10.5. The Morgan fingerprint density at radius 2 is 2.07 bits per heavy atom. The molecule has 1 rings (SSSR count). The first-order chi connectivity index (χ1) is 6.99. The minimum atomic E-state index is 0.0631. The van der Waals surface area contributed by atoms with Gasteiger partial charge in [-0.1, -0.05) is 11.3 Å². The summed E-state index contributed by atoms with van der Waals surface area (Å²) in [7, 11) is 5.33. The zero-order valence-corrected chi connectivity index (χ0v) is 10.5. The van der Waals surface area contributed by atoms with Crippen molar-refractivity contribution < 1.29 is 4.79 Å². The average molecular weight is 249 g/mol. The van der Waals surface area contributed by atoms with Crippen molar-refractivity contribution in [2.45, 2.75) is 6.54 Å². The van der Waals surface area contributed by atoms with Crippen LogP contribution in [0.15, 0.2) is 0 Å².